The third kappa shape index (κ3) is 38.3. The first-order chi connectivity index (χ1) is 17.6. The number of hydrogen-bond donors (Lipinski definition) is 3. The average molecular weight is 986 g/mol. The zero-order valence-corrected chi connectivity index (χ0v) is 41.9. The molecule has 0 heterocycles. The van der Waals surface area contributed by atoms with E-state index in [4.69, 9.17) is 19.2 Å². The molecule has 0 aromatic heterocycles. The topological polar surface area (TPSA) is 512 Å². The van der Waals surface area contributed by atoms with Gasteiger partial charge in [-0.1, -0.05) is 0 Å². The van der Waals surface area contributed by atoms with Crippen molar-refractivity contribution < 1.29 is 132 Å². The summed E-state index contributed by atoms with van der Waals surface area (Å²) in [6.07, 6.45) is -21.5. The molecule has 0 atom stereocenters. The summed E-state index contributed by atoms with van der Waals surface area (Å²) < 4.78 is 97.2. The van der Waals surface area contributed by atoms with Gasteiger partial charge in [-0.3, -0.25) is 0 Å². The van der Waals surface area contributed by atoms with E-state index in [0.29, 0.717) is 0 Å². The fourth-order valence-corrected chi connectivity index (χ4v) is 5.96. The van der Waals surface area contributed by atoms with Crippen LogP contribution < -0.4 is 58.7 Å². The van der Waals surface area contributed by atoms with Crippen molar-refractivity contribution >= 4 is 281 Å². The Morgan fingerprint density at radius 3 is 0.404 bits per heavy atom. The number of rotatable bonds is 12. The van der Waals surface area contributed by atoms with E-state index in [2.05, 4.69) is 27.1 Å². The summed E-state index contributed by atoms with van der Waals surface area (Å²) in [7, 11) is -44.7. The van der Waals surface area contributed by atoms with E-state index in [1.807, 2.05) is 0 Å². The summed E-state index contributed by atoms with van der Waals surface area (Å²) in [6, 6.07) is 0. The van der Waals surface area contributed by atoms with Gasteiger partial charge in [0, 0.05) is 0 Å². The minimum Gasteiger partial charge on any atom is -0.790 e. The summed E-state index contributed by atoms with van der Waals surface area (Å²) in [5.41, 5.74) is 0. The van der Waals surface area contributed by atoms with E-state index in [0.717, 1.165) is 0 Å². The minimum absolute atomic E-state index is 0. The Hall–Kier alpha value is 8.33. The maximum absolute atomic E-state index is 11.1. The molecule has 1 aliphatic carbocycles. The van der Waals surface area contributed by atoms with Gasteiger partial charge in [-0.2, -0.15) is 0 Å². The Bertz CT molecular complexity index is 987. The number of phosphoric ester groups is 6. The van der Waals surface area contributed by atoms with Crippen molar-refractivity contribution in [3.63, 3.8) is 0 Å². The van der Waals surface area contributed by atoms with Crippen LogP contribution in [0, 0.1) is 0 Å². The molecule has 0 aromatic rings. The Morgan fingerprint density at radius 1 is 0.298 bits per heavy atom. The van der Waals surface area contributed by atoms with Crippen LogP contribution in [-0.4, -0.2) is 278 Å². The smallest absolute Gasteiger partial charge is 0.790 e. The molecular weight excluding hydrogens is 977 g/mol. The SMILES string of the molecule is O=P(O)(O)O.O=P([O-])([O-])OC1C(OP(=O)([O-])[O-])C(OP(=O)([O-])[O-])C(OP(=O)([O-])[O-])C(OP(=O)([O-])[O-])C1OP(=O)([O-])[O-].[Ca+2].[Ca+2].[Ca+2].[Ca+2].[Ca+2].[Ca+2]. The summed E-state index contributed by atoms with van der Waals surface area (Å²) in [4.78, 5) is 155. The van der Waals surface area contributed by atoms with E-state index in [1.54, 1.807) is 0 Å². The van der Waals surface area contributed by atoms with Gasteiger partial charge in [-0.15, -0.1) is 0 Å². The molecule has 28 nitrogen and oxygen atoms in total. The fourth-order valence-electron chi connectivity index (χ4n) is 2.74. The maximum Gasteiger partial charge on any atom is 2.00 e. The second kappa shape index (κ2) is 28.0. The zero-order valence-electron chi connectivity index (χ0n) is 22.4. The van der Waals surface area contributed by atoms with Gasteiger partial charge in [-0.05, 0) is 0 Å². The molecule has 41 heteroatoms. The van der Waals surface area contributed by atoms with Crippen LogP contribution in [0.2, 0.25) is 0 Å². The minimum atomic E-state index is -6.68. The molecule has 1 saturated carbocycles. The van der Waals surface area contributed by atoms with Gasteiger partial charge in [0.25, 0.3) is 0 Å². The van der Waals surface area contributed by atoms with Gasteiger partial charge in [0.05, 0.1) is 46.9 Å². The largest absolute Gasteiger partial charge is 2.00 e. The summed E-state index contributed by atoms with van der Waals surface area (Å²) in [5, 5.41) is 0. The number of phosphoric acid groups is 7. The molecule has 0 bridgehead atoms. The molecule has 0 spiro atoms. The second-order valence-corrected chi connectivity index (χ2v) is 14.3. The standard InChI is InChI=1S/C6H18O24P6.6Ca.H3O4P/c7-31(8,9)25-1-2(26-32(10,11)12)4(28-34(16,17)18)6(30-36(22,23)24)5(29-35(19,20)21)3(1)27-33(13,14)15;;;;;;;1-5(2,3)4/h1-6H,(H2,7,8,9)(H2,10,11,12)(H2,13,14,15)(H2,16,17,18)(H2,19,20,21)(H2,22,23,24);;;;;;;(H3,1,2,3,4)/q;6*+2;/p-12. The quantitative estimate of drug-likeness (QED) is 0.121. The van der Waals surface area contributed by atoms with E-state index >= 15 is 0 Å². The van der Waals surface area contributed by atoms with Crippen LogP contribution in [0.1, 0.15) is 0 Å². The summed E-state index contributed by atoms with van der Waals surface area (Å²) in [5.74, 6) is 0. The third-order valence-corrected chi connectivity index (χ3v) is 6.46. The molecule has 1 rings (SSSR count). The van der Waals surface area contributed by atoms with E-state index in [1.165, 1.54) is 0 Å². The van der Waals surface area contributed by atoms with Crippen LogP contribution in [0.25, 0.3) is 0 Å². The second-order valence-electron chi connectivity index (χ2n) is 6.62. The predicted octanol–water partition coefficient (Wildman–Crippen LogP) is -13.9. The molecule has 0 amide bonds. The van der Waals surface area contributed by atoms with Crippen LogP contribution >= 0.6 is 54.8 Å². The van der Waals surface area contributed by atoms with Crippen molar-refractivity contribution in [2.45, 2.75) is 36.6 Å². The molecule has 0 unspecified atom stereocenters. The Balaban J connectivity index is -0.000000269. The Morgan fingerprint density at radius 2 is 0.362 bits per heavy atom. The van der Waals surface area contributed by atoms with E-state index in [9.17, 15) is 86.1 Å². The van der Waals surface area contributed by atoms with Gasteiger partial charge in [0.15, 0.2) is 0 Å². The molecule has 0 aromatic carbocycles. The molecule has 0 radical (unpaired) electrons. The van der Waals surface area contributed by atoms with Crippen LogP contribution in [-0.2, 0) is 59.1 Å². The Labute approximate surface area is 441 Å². The first-order valence-electron chi connectivity index (χ1n) is 8.58. The van der Waals surface area contributed by atoms with Crippen LogP contribution in [0.3, 0.4) is 0 Å². The molecule has 0 saturated heterocycles. The number of hydrogen-bond acceptors (Lipinski definition) is 25. The maximum atomic E-state index is 11.1. The monoisotopic (exact) mass is 986 g/mol. The predicted molar refractivity (Wildman–Crippen MR) is 124 cm³/mol. The zero-order chi connectivity index (χ0) is 33.2. The Kier molecular flexibility index (Phi) is 41.6. The fraction of sp³-hybridized carbons (Fsp3) is 1.00. The van der Waals surface area contributed by atoms with E-state index in [-0.39, 0.29) is 226 Å². The normalized spacial score (nSPS) is 23.7. The van der Waals surface area contributed by atoms with Crippen LogP contribution in [0.5, 0.6) is 0 Å². The van der Waals surface area contributed by atoms with Crippen LogP contribution in [0.4, 0.5) is 0 Å². The van der Waals surface area contributed by atoms with Crippen molar-refractivity contribution in [1.29, 1.82) is 0 Å². The van der Waals surface area contributed by atoms with Crippen molar-refractivity contribution in [2.24, 2.45) is 0 Å². The first-order valence-corrected chi connectivity index (χ1v) is 18.9. The molecule has 0 aliphatic heterocycles. The molecule has 248 valence electrons. The van der Waals surface area contributed by atoms with Gasteiger partial charge in [0.2, 0.25) is 0 Å². The van der Waals surface area contributed by atoms with Crippen molar-refractivity contribution in [3.8, 4) is 0 Å². The van der Waals surface area contributed by atoms with Crippen molar-refractivity contribution in [2.75, 3.05) is 0 Å². The summed E-state index contributed by atoms with van der Waals surface area (Å²) in [6.45, 7) is 0. The van der Waals surface area contributed by atoms with Crippen LogP contribution in [0.15, 0.2) is 0 Å². The van der Waals surface area contributed by atoms with E-state index < -0.39 is 91.4 Å². The first kappa shape index (κ1) is 69.9. The van der Waals surface area contributed by atoms with Gasteiger partial charge in [0.1, 0.15) is 36.6 Å². The molecule has 3 N–H and O–H groups in total. The summed E-state index contributed by atoms with van der Waals surface area (Å²) >= 11 is 0. The van der Waals surface area contributed by atoms with Gasteiger partial charge in [-0.25, -0.2) is 4.57 Å². The average Bonchev–Trinajstić information content (AvgIpc) is 2.56. The van der Waals surface area contributed by atoms with Gasteiger partial charge >= 0.3 is 234 Å². The van der Waals surface area contributed by atoms with Gasteiger partial charge < -0.3 is 128 Å². The third-order valence-electron chi connectivity index (χ3n) is 3.45. The molecule has 47 heavy (non-hydrogen) atoms. The van der Waals surface area contributed by atoms with Crippen molar-refractivity contribution in [3.05, 3.63) is 0 Å². The molecule has 1 aliphatic rings. The molecular formula is C6H9Ca6O28P7. The van der Waals surface area contributed by atoms with Crippen molar-refractivity contribution in [1.82, 2.24) is 0 Å². The molecule has 1 fully saturated rings.